The summed E-state index contributed by atoms with van der Waals surface area (Å²) in [4.78, 5) is 10.4. The predicted molar refractivity (Wildman–Crippen MR) is 73.8 cm³/mol. The fraction of sp³-hybridized carbons (Fsp3) is 0.385. The number of carboxylic acids is 1. The molecule has 7 heteroatoms. The molecule has 106 valence electrons. The Morgan fingerprint density at radius 3 is 2.90 bits per heavy atom. The van der Waals surface area contributed by atoms with E-state index in [1.807, 2.05) is 24.3 Å². The van der Waals surface area contributed by atoms with Gasteiger partial charge in [0.1, 0.15) is 0 Å². The Bertz CT molecular complexity index is 582. The number of hydrogen-bond acceptors (Lipinski definition) is 5. The van der Waals surface area contributed by atoms with Crippen LogP contribution in [0.15, 0.2) is 24.3 Å². The minimum Gasteiger partial charge on any atom is -0.481 e. The van der Waals surface area contributed by atoms with E-state index in [0.717, 1.165) is 18.4 Å². The van der Waals surface area contributed by atoms with Gasteiger partial charge in [-0.2, -0.15) is 0 Å². The van der Waals surface area contributed by atoms with Gasteiger partial charge < -0.3 is 10.8 Å². The van der Waals surface area contributed by atoms with Crippen molar-refractivity contribution in [2.24, 2.45) is 0 Å². The van der Waals surface area contributed by atoms with Gasteiger partial charge in [-0.05, 0) is 35.4 Å². The smallest absolute Gasteiger partial charge is 0.303 e. The number of carbonyl (C=O) groups is 1. The summed E-state index contributed by atoms with van der Waals surface area (Å²) in [6, 6.07) is 7.40. The summed E-state index contributed by atoms with van der Waals surface area (Å²) in [7, 11) is 0. The number of nitrogens with two attached hydrogens (primary N) is 1. The highest BCUT2D eigenvalue weighted by Crippen LogP contribution is 2.18. The lowest BCUT2D eigenvalue weighted by molar-refractivity contribution is -0.137. The highest BCUT2D eigenvalue weighted by Gasteiger charge is 2.08. The van der Waals surface area contributed by atoms with Crippen molar-refractivity contribution in [1.29, 1.82) is 0 Å². The number of rotatable bonds is 7. The molecule has 3 N–H and O–H groups in total. The molecule has 1 aromatic heterocycles. The second kappa shape index (κ2) is 6.65. The Morgan fingerprint density at radius 1 is 1.30 bits per heavy atom. The maximum Gasteiger partial charge on any atom is 0.303 e. The standard InChI is InChI=1S/C13H17N5O2/c14-11-6-4-5-10(9-11)13-15-16-17-18(13)8-3-1-2-7-12(19)20/h4-6,9H,1-3,7-8,14H2,(H,19,20). The van der Waals surface area contributed by atoms with Crippen molar-refractivity contribution in [3.8, 4) is 11.4 Å². The molecule has 0 amide bonds. The molecule has 0 atom stereocenters. The summed E-state index contributed by atoms with van der Waals surface area (Å²) in [5, 5.41) is 20.2. The van der Waals surface area contributed by atoms with Crippen LogP contribution in [0.3, 0.4) is 0 Å². The summed E-state index contributed by atoms with van der Waals surface area (Å²) in [5.41, 5.74) is 7.29. The average molecular weight is 275 g/mol. The first-order chi connectivity index (χ1) is 9.66. The molecular formula is C13H17N5O2. The summed E-state index contributed by atoms with van der Waals surface area (Å²) in [5.74, 6) is -0.0802. The third-order valence-corrected chi connectivity index (χ3v) is 2.94. The van der Waals surface area contributed by atoms with Crippen molar-refractivity contribution in [3.63, 3.8) is 0 Å². The topological polar surface area (TPSA) is 107 Å². The van der Waals surface area contributed by atoms with Crippen LogP contribution >= 0.6 is 0 Å². The lowest BCUT2D eigenvalue weighted by Gasteiger charge is -2.05. The zero-order valence-electron chi connectivity index (χ0n) is 11.1. The summed E-state index contributed by atoms with van der Waals surface area (Å²) < 4.78 is 1.72. The van der Waals surface area contributed by atoms with Gasteiger partial charge in [0, 0.05) is 24.2 Å². The van der Waals surface area contributed by atoms with Crippen LogP contribution < -0.4 is 5.73 Å². The monoisotopic (exact) mass is 275 g/mol. The maximum absolute atomic E-state index is 10.4. The van der Waals surface area contributed by atoms with Crippen molar-refractivity contribution in [2.45, 2.75) is 32.2 Å². The van der Waals surface area contributed by atoms with Crippen molar-refractivity contribution in [1.82, 2.24) is 20.2 Å². The lowest BCUT2D eigenvalue weighted by Crippen LogP contribution is -2.04. The molecule has 0 spiro atoms. The lowest BCUT2D eigenvalue weighted by atomic mass is 10.2. The quantitative estimate of drug-likeness (QED) is 0.586. The van der Waals surface area contributed by atoms with Gasteiger partial charge in [-0.25, -0.2) is 4.68 Å². The maximum atomic E-state index is 10.4. The molecule has 0 unspecified atom stereocenters. The van der Waals surface area contributed by atoms with Crippen molar-refractivity contribution >= 4 is 11.7 Å². The third-order valence-electron chi connectivity index (χ3n) is 2.94. The molecule has 0 aliphatic heterocycles. The Kier molecular flexibility index (Phi) is 4.65. The highest BCUT2D eigenvalue weighted by molar-refractivity contribution is 5.66. The van der Waals surface area contributed by atoms with Crippen molar-refractivity contribution < 1.29 is 9.90 Å². The van der Waals surface area contributed by atoms with Gasteiger partial charge >= 0.3 is 5.97 Å². The minimum atomic E-state index is -0.757. The van der Waals surface area contributed by atoms with Gasteiger partial charge in [-0.15, -0.1) is 5.10 Å². The molecule has 0 aliphatic rings. The van der Waals surface area contributed by atoms with Crippen LogP contribution in [0.1, 0.15) is 25.7 Å². The SMILES string of the molecule is Nc1cccc(-c2nnnn2CCCCCC(=O)O)c1. The Hall–Kier alpha value is -2.44. The van der Waals surface area contributed by atoms with Gasteiger partial charge in [-0.3, -0.25) is 4.79 Å². The fourth-order valence-electron chi connectivity index (χ4n) is 1.95. The van der Waals surface area contributed by atoms with Crippen LogP contribution in [0.25, 0.3) is 11.4 Å². The van der Waals surface area contributed by atoms with Crippen LogP contribution in [0.2, 0.25) is 0 Å². The molecule has 2 rings (SSSR count). The predicted octanol–water partition coefficient (Wildman–Crippen LogP) is 1.57. The molecule has 0 saturated carbocycles. The van der Waals surface area contributed by atoms with E-state index in [-0.39, 0.29) is 6.42 Å². The molecule has 0 aliphatic carbocycles. The fourth-order valence-corrected chi connectivity index (χ4v) is 1.95. The van der Waals surface area contributed by atoms with Crippen LogP contribution in [0.4, 0.5) is 5.69 Å². The molecule has 2 aromatic rings. The number of nitrogens with zero attached hydrogens (tertiary/aromatic N) is 4. The first-order valence-corrected chi connectivity index (χ1v) is 6.50. The zero-order valence-corrected chi connectivity index (χ0v) is 11.1. The van der Waals surface area contributed by atoms with Gasteiger partial charge in [-0.1, -0.05) is 18.6 Å². The Labute approximate surface area is 116 Å². The summed E-state index contributed by atoms with van der Waals surface area (Å²) in [6.45, 7) is 0.663. The molecule has 1 aromatic carbocycles. The molecule has 0 bridgehead atoms. The van der Waals surface area contributed by atoms with Crippen LogP contribution in [0, 0.1) is 0 Å². The van der Waals surface area contributed by atoms with Gasteiger partial charge in [0.15, 0.2) is 5.82 Å². The van der Waals surface area contributed by atoms with E-state index in [1.165, 1.54) is 0 Å². The van der Waals surface area contributed by atoms with E-state index >= 15 is 0 Å². The second-order valence-corrected chi connectivity index (χ2v) is 4.56. The number of unbranched alkanes of at least 4 members (excludes halogenated alkanes) is 2. The Morgan fingerprint density at radius 2 is 2.15 bits per heavy atom. The van der Waals surface area contributed by atoms with E-state index < -0.39 is 5.97 Å². The second-order valence-electron chi connectivity index (χ2n) is 4.56. The van der Waals surface area contributed by atoms with Crippen molar-refractivity contribution in [2.75, 3.05) is 5.73 Å². The van der Waals surface area contributed by atoms with Gasteiger partial charge in [0.05, 0.1) is 0 Å². The number of aromatic nitrogens is 4. The molecule has 0 saturated heterocycles. The number of carboxylic acid groups (broad SMARTS) is 1. The van der Waals surface area contributed by atoms with E-state index in [0.29, 0.717) is 24.5 Å². The molecule has 7 nitrogen and oxygen atoms in total. The largest absolute Gasteiger partial charge is 0.481 e. The number of hydrogen-bond donors (Lipinski definition) is 2. The van der Waals surface area contributed by atoms with E-state index in [4.69, 9.17) is 10.8 Å². The highest BCUT2D eigenvalue weighted by atomic mass is 16.4. The summed E-state index contributed by atoms with van der Waals surface area (Å²) in [6.07, 6.45) is 2.55. The number of aliphatic carboxylic acids is 1. The van der Waals surface area contributed by atoms with Crippen LogP contribution in [0.5, 0.6) is 0 Å². The first kappa shape index (κ1) is 14.0. The summed E-state index contributed by atoms with van der Waals surface area (Å²) >= 11 is 0. The minimum absolute atomic E-state index is 0.206. The normalized spacial score (nSPS) is 10.6. The number of aryl methyl sites for hydroxylation is 1. The van der Waals surface area contributed by atoms with E-state index in [1.54, 1.807) is 4.68 Å². The number of tetrazole rings is 1. The number of anilines is 1. The number of benzene rings is 1. The van der Waals surface area contributed by atoms with Gasteiger partial charge in [0.2, 0.25) is 0 Å². The Balaban J connectivity index is 1.94. The van der Waals surface area contributed by atoms with Crippen molar-refractivity contribution in [3.05, 3.63) is 24.3 Å². The molecular weight excluding hydrogens is 258 g/mol. The number of nitrogen functional groups attached to an aromatic ring is 1. The molecule has 0 fully saturated rings. The van der Waals surface area contributed by atoms with Crippen LogP contribution in [-0.4, -0.2) is 31.3 Å². The van der Waals surface area contributed by atoms with Gasteiger partial charge in [0.25, 0.3) is 0 Å². The molecule has 1 heterocycles. The van der Waals surface area contributed by atoms with E-state index in [2.05, 4.69) is 15.5 Å². The van der Waals surface area contributed by atoms with E-state index in [9.17, 15) is 4.79 Å². The average Bonchev–Trinajstić information content (AvgIpc) is 2.86. The molecule has 20 heavy (non-hydrogen) atoms. The first-order valence-electron chi connectivity index (χ1n) is 6.50. The third kappa shape index (κ3) is 3.78. The zero-order chi connectivity index (χ0) is 14.4. The molecule has 0 radical (unpaired) electrons. The van der Waals surface area contributed by atoms with Crippen LogP contribution in [-0.2, 0) is 11.3 Å².